The smallest absolute Gasteiger partial charge is 0.338 e. The summed E-state index contributed by atoms with van der Waals surface area (Å²) in [6.45, 7) is 0. The van der Waals surface area contributed by atoms with Crippen LogP contribution in [0.3, 0.4) is 0 Å². The van der Waals surface area contributed by atoms with Crippen LogP contribution in [0, 0.1) is 5.82 Å². The van der Waals surface area contributed by atoms with Crippen LogP contribution in [0.4, 0.5) is 4.39 Å². The standard InChI is InChI=1S/C20H12Cl3FO3/c21-12-3-1-11(2-4-12)19(15-7-5-13(22)9-17(15)23)27-14-6-8-16(20(25)26)18(24)10-14/h1-10,19H,(H,25,26). The van der Waals surface area contributed by atoms with Gasteiger partial charge < -0.3 is 9.84 Å². The highest BCUT2D eigenvalue weighted by Crippen LogP contribution is 2.35. The molecule has 27 heavy (non-hydrogen) atoms. The van der Waals surface area contributed by atoms with Gasteiger partial charge in [0.25, 0.3) is 0 Å². The van der Waals surface area contributed by atoms with E-state index in [0.29, 0.717) is 20.6 Å². The Morgan fingerprint density at radius 3 is 2.19 bits per heavy atom. The van der Waals surface area contributed by atoms with Crippen LogP contribution < -0.4 is 4.74 Å². The maximum absolute atomic E-state index is 14.0. The zero-order valence-corrected chi connectivity index (χ0v) is 15.9. The molecule has 0 fully saturated rings. The average molecular weight is 426 g/mol. The van der Waals surface area contributed by atoms with Crippen molar-refractivity contribution < 1.29 is 19.0 Å². The lowest BCUT2D eigenvalue weighted by Crippen LogP contribution is -2.11. The van der Waals surface area contributed by atoms with E-state index in [1.807, 2.05) is 0 Å². The molecule has 3 aromatic carbocycles. The molecular weight excluding hydrogens is 414 g/mol. The van der Waals surface area contributed by atoms with E-state index in [9.17, 15) is 9.18 Å². The number of carboxylic acid groups (broad SMARTS) is 1. The predicted octanol–water partition coefficient (Wildman–Crippen LogP) is 6.65. The summed E-state index contributed by atoms with van der Waals surface area (Å²) >= 11 is 18.2. The normalized spacial score (nSPS) is 11.9. The number of hydrogen-bond donors (Lipinski definition) is 1. The van der Waals surface area contributed by atoms with E-state index in [4.69, 9.17) is 44.6 Å². The molecule has 138 valence electrons. The van der Waals surface area contributed by atoms with Crippen LogP contribution in [0.2, 0.25) is 15.1 Å². The summed E-state index contributed by atoms with van der Waals surface area (Å²) in [5.41, 5.74) is 0.910. The summed E-state index contributed by atoms with van der Waals surface area (Å²) in [5.74, 6) is -2.09. The molecular formula is C20H12Cl3FO3. The number of carboxylic acids is 1. The van der Waals surface area contributed by atoms with Crippen molar-refractivity contribution in [2.24, 2.45) is 0 Å². The monoisotopic (exact) mass is 424 g/mol. The zero-order valence-electron chi connectivity index (χ0n) is 13.6. The molecule has 0 heterocycles. The highest BCUT2D eigenvalue weighted by atomic mass is 35.5. The molecule has 1 atom stereocenters. The molecule has 3 rings (SSSR count). The van der Waals surface area contributed by atoms with Crippen molar-refractivity contribution in [2.45, 2.75) is 6.10 Å². The van der Waals surface area contributed by atoms with Crippen molar-refractivity contribution in [3.8, 4) is 5.75 Å². The number of rotatable bonds is 5. The molecule has 7 heteroatoms. The first kappa shape index (κ1) is 19.5. The van der Waals surface area contributed by atoms with Crippen molar-refractivity contribution in [1.82, 2.24) is 0 Å². The lowest BCUT2D eigenvalue weighted by atomic mass is 10.0. The average Bonchev–Trinajstić information content (AvgIpc) is 2.61. The topological polar surface area (TPSA) is 46.5 Å². The number of aromatic carboxylic acids is 1. The quantitative estimate of drug-likeness (QED) is 0.497. The Bertz CT molecular complexity index is 990. The van der Waals surface area contributed by atoms with E-state index < -0.39 is 23.5 Å². The highest BCUT2D eigenvalue weighted by molar-refractivity contribution is 6.35. The molecule has 3 aromatic rings. The van der Waals surface area contributed by atoms with E-state index in [1.165, 1.54) is 6.07 Å². The fourth-order valence-electron chi connectivity index (χ4n) is 2.54. The molecule has 0 aliphatic heterocycles. The number of halogens is 4. The van der Waals surface area contributed by atoms with Gasteiger partial charge in [0.05, 0.1) is 5.56 Å². The van der Waals surface area contributed by atoms with Crippen LogP contribution in [0.15, 0.2) is 60.7 Å². The second-order valence-corrected chi connectivity index (χ2v) is 6.94. The van der Waals surface area contributed by atoms with Crippen molar-refractivity contribution in [3.63, 3.8) is 0 Å². The summed E-state index contributed by atoms with van der Waals surface area (Å²) in [4.78, 5) is 11.0. The third kappa shape index (κ3) is 4.53. The first-order valence-electron chi connectivity index (χ1n) is 7.75. The van der Waals surface area contributed by atoms with E-state index in [-0.39, 0.29) is 5.75 Å². The molecule has 0 amide bonds. The van der Waals surface area contributed by atoms with Gasteiger partial charge in [0, 0.05) is 26.7 Å². The van der Waals surface area contributed by atoms with Crippen LogP contribution in [0.25, 0.3) is 0 Å². The SMILES string of the molecule is O=C(O)c1ccc(OC(c2ccc(Cl)cc2)c2ccc(Cl)cc2Cl)cc1F. The Labute approximate surface area is 169 Å². The van der Waals surface area contributed by atoms with Gasteiger partial charge in [-0.25, -0.2) is 9.18 Å². The fourth-order valence-corrected chi connectivity index (χ4v) is 3.18. The van der Waals surface area contributed by atoms with Gasteiger partial charge >= 0.3 is 5.97 Å². The van der Waals surface area contributed by atoms with Crippen molar-refractivity contribution in [2.75, 3.05) is 0 Å². The van der Waals surface area contributed by atoms with Gasteiger partial charge in [-0.1, -0.05) is 53.0 Å². The van der Waals surface area contributed by atoms with Crippen molar-refractivity contribution in [1.29, 1.82) is 0 Å². The molecule has 0 aliphatic carbocycles. The molecule has 0 aromatic heterocycles. The van der Waals surface area contributed by atoms with Crippen LogP contribution in [0.5, 0.6) is 5.75 Å². The van der Waals surface area contributed by atoms with Crippen LogP contribution in [0.1, 0.15) is 27.6 Å². The van der Waals surface area contributed by atoms with Crippen LogP contribution in [-0.2, 0) is 0 Å². The van der Waals surface area contributed by atoms with Crippen LogP contribution >= 0.6 is 34.8 Å². The Morgan fingerprint density at radius 2 is 1.59 bits per heavy atom. The fraction of sp³-hybridized carbons (Fsp3) is 0.0500. The van der Waals surface area contributed by atoms with Gasteiger partial charge in [0.1, 0.15) is 11.6 Å². The zero-order chi connectivity index (χ0) is 19.6. The summed E-state index contributed by atoms with van der Waals surface area (Å²) in [6, 6.07) is 15.5. The molecule has 1 N–H and O–H groups in total. The molecule has 0 saturated carbocycles. The molecule has 1 unspecified atom stereocenters. The van der Waals surface area contributed by atoms with Crippen molar-refractivity contribution >= 4 is 40.8 Å². The Kier molecular flexibility index (Phi) is 5.90. The number of hydrogen-bond acceptors (Lipinski definition) is 2. The van der Waals surface area contributed by atoms with Crippen molar-refractivity contribution in [3.05, 3.63) is 98.2 Å². The predicted molar refractivity (Wildman–Crippen MR) is 104 cm³/mol. The lowest BCUT2D eigenvalue weighted by molar-refractivity contribution is 0.0692. The number of carbonyl (C=O) groups is 1. The lowest BCUT2D eigenvalue weighted by Gasteiger charge is -2.21. The minimum absolute atomic E-state index is 0.156. The van der Waals surface area contributed by atoms with E-state index in [1.54, 1.807) is 42.5 Å². The van der Waals surface area contributed by atoms with Gasteiger partial charge in [-0.15, -0.1) is 0 Å². The van der Waals surface area contributed by atoms with Gasteiger partial charge in [-0.3, -0.25) is 0 Å². The molecule has 0 saturated heterocycles. The number of benzene rings is 3. The Balaban J connectivity index is 2.03. The largest absolute Gasteiger partial charge is 0.481 e. The summed E-state index contributed by atoms with van der Waals surface area (Å²) in [7, 11) is 0. The molecule has 0 spiro atoms. The summed E-state index contributed by atoms with van der Waals surface area (Å²) in [5, 5.41) is 10.4. The summed E-state index contributed by atoms with van der Waals surface area (Å²) in [6.07, 6.45) is -0.679. The minimum atomic E-state index is -1.35. The second kappa shape index (κ2) is 8.17. The molecule has 0 aliphatic rings. The molecule has 0 bridgehead atoms. The van der Waals surface area contributed by atoms with Crippen LogP contribution in [-0.4, -0.2) is 11.1 Å². The Morgan fingerprint density at radius 1 is 0.926 bits per heavy atom. The van der Waals surface area contributed by atoms with E-state index >= 15 is 0 Å². The van der Waals surface area contributed by atoms with E-state index in [0.717, 1.165) is 17.7 Å². The maximum atomic E-state index is 14.0. The third-order valence-corrected chi connectivity index (χ3v) is 4.66. The summed E-state index contributed by atoms with van der Waals surface area (Å²) < 4.78 is 20.0. The Hall–Kier alpha value is -2.27. The van der Waals surface area contributed by atoms with Gasteiger partial charge in [0.2, 0.25) is 0 Å². The minimum Gasteiger partial charge on any atom is -0.481 e. The van der Waals surface area contributed by atoms with E-state index in [2.05, 4.69) is 0 Å². The molecule has 0 radical (unpaired) electrons. The first-order chi connectivity index (χ1) is 12.8. The highest BCUT2D eigenvalue weighted by Gasteiger charge is 2.21. The maximum Gasteiger partial charge on any atom is 0.338 e. The van der Waals surface area contributed by atoms with Gasteiger partial charge in [0.15, 0.2) is 6.10 Å². The second-order valence-electron chi connectivity index (χ2n) is 5.66. The first-order valence-corrected chi connectivity index (χ1v) is 8.88. The number of ether oxygens (including phenoxy) is 1. The molecule has 3 nitrogen and oxygen atoms in total. The third-order valence-electron chi connectivity index (χ3n) is 3.84. The van der Waals surface area contributed by atoms with Gasteiger partial charge in [-0.2, -0.15) is 0 Å². The van der Waals surface area contributed by atoms with Gasteiger partial charge in [-0.05, 0) is 42.0 Å².